The van der Waals surface area contributed by atoms with Gasteiger partial charge in [-0.1, -0.05) is 18.2 Å². The molecular weight excluding hydrogens is 328 g/mol. The second kappa shape index (κ2) is 7.27. The standard InChI is InChI=1S/C21H18N2O3/c24-21(8-4-16-3-7-20-18(13-16)9-12-25-20)26-14-17-1-5-19(6-2-17)23-11-10-22-15-23/h1-8,10-11,13,15H,9,12,14H2/b8-4+. The van der Waals surface area contributed by atoms with Gasteiger partial charge in [-0.2, -0.15) is 0 Å². The molecule has 0 bridgehead atoms. The van der Waals surface area contributed by atoms with Gasteiger partial charge in [0, 0.05) is 30.6 Å². The summed E-state index contributed by atoms with van der Waals surface area (Å²) in [6.45, 7) is 0.968. The molecule has 0 spiro atoms. The van der Waals surface area contributed by atoms with Gasteiger partial charge in [0.2, 0.25) is 0 Å². The Morgan fingerprint density at radius 1 is 1.23 bits per heavy atom. The number of fused-ring (bicyclic) bond motifs is 1. The second-order valence-corrected chi connectivity index (χ2v) is 6.04. The summed E-state index contributed by atoms with van der Waals surface area (Å²) in [5, 5.41) is 0. The van der Waals surface area contributed by atoms with E-state index in [2.05, 4.69) is 4.98 Å². The number of hydrogen-bond acceptors (Lipinski definition) is 4. The molecule has 0 radical (unpaired) electrons. The van der Waals surface area contributed by atoms with E-state index in [0.29, 0.717) is 0 Å². The van der Waals surface area contributed by atoms with Crippen LogP contribution in [0.3, 0.4) is 0 Å². The molecule has 0 atom stereocenters. The van der Waals surface area contributed by atoms with Gasteiger partial charge in [-0.3, -0.25) is 0 Å². The summed E-state index contributed by atoms with van der Waals surface area (Å²) in [6, 6.07) is 13.7. The minimum atomic E-state index is -0.361. The molecule has 1 aliphatic rings. The average molecular weight is 346 g/mol. The van der Waals surface area contributed by atoms with Gasteiger partial charge in [-0.15, -0.1) is 0 Å². The van der Waals surface area contributed by atoms with Crippen LogP contribution >= 0.6 is 0 Å². The van der Waals surface area contributed by atoms with Crippen molar-refractivity contribution in [2.45, 2.75) is 13.0 Å². The molecule has 1 aliphatic heterocycles. The quantitative estimate of drug-likeness (QED) is 0.524. The van der Waals surface area contributed by atoms with Gasteiger partial charge in [0.05, 0.1) is 12.9 Å². The van der Waals surface area contributed by atoms with Gasteiger partial charge in [-0.25, -0.2) is 9.78 Å². The van der Waals surface area contributed by atoms with E-state index in [1.165, 1.54) is 11.6 Å². The van der Waals surface area contributed by atoms with Crippen LogP contribution in [0.25, 0.3) is 11.8 Å². The van der Waals surface area contributed by atoms with Crippen molar-refractivity contribution in [1.82, 2.24) is 9.55 Å². The van der Waals surface area contributed by atoms with E-state index in [-0.39, 0.29) is 12.6 Å². The molecule has 1 aromatic heterocycles. The van der Waals surface area contributed by atoms with Crippen LogP contribution in [0.1, 0.15) is 16.7 Å². The van der Waals surface area contributed by atoms with Crippen molar-refractivity contribution in [3.63, 3.8) is 0 Å². The SMILES string of the molecule is O=C(/C=C/c1ccc2c(c1)CCO2)OCc1ccc(-n2ccnc2)cc1. The fourth-order valence-corrected chi connectivity index (χ4v) is 2.85. The van der Waals surface area contributed by atoms with Gasteiger partial charge in [0.15, 0.2) is 0 Å². The molecule has 0 amide bonds. The van der Waals surface area contributed by atoms with Crippen molar-refractivity contribution in [1.29, 1.82) is 0 Å². The molecule has 0 N–H and O–H groups in total. The lowest BCUT2D eigenvalue weighted by Gasteiger charge is -2.05. The van der Waals surface area contributed by atoms with E-state index >= 15 is 0 Å². The first kappa shape index (κ1) is 16.1. The number of benzene rings is 2. The average Bonchev–Trinajstić information content (AvgIpc) is 3.36. The normalized spacial score (nSPS) is 12.8. The molecule has 5 heteroatoms. The predicted molar refractivity (Wildman–Crippen MR) is 98.0 cm³/mol. The minimum Gasteiger partial charge on any atom is -0.493 e. The third-order valence-corrected chi connectivity index (χ3v) is 4.25. The van der Waals surface area contributed by atoms with Crippen LogP contribution in [0.5, 0.6) is 5.75 Å². The van der Waals surface area contributed by atoms with E-state index in [9.17, 15) is 4.79 Å². The number of rotatable bonds is 5. The van der Waals surface area contributed by atoms with Crippen LogP contribution in [-0.4, -0.2) is 22.1 Å². The number of esters is 1. The maximum atomic E-state index is 11.9. The van der Waals surface area contributed by atoms with Crippen molar-refractivity contribution in [2.24, 2.45) is 0 Å². The monoisotopic (exact) mass is 346 g/mol. The van der Waals surface area contributed by atoms with Gasteiger partial charge in [-0.05, 0) is 47.0 Å². The zero-order valence-corrected chi connectivity index (χ0v) is 14.2. The van der Waals surface area contributed by atoms with Crippen molar-refractivity contribution in [3.8, 4) is 11.4 Å². The summed E-state index contributed by atoms with van der Waals surface area (Å²) in [4.78, 5) is 16.0. The third kappa shape index (κ3) is 3.67. The lowest BCUT2D eigenvalue weighted by Crippen LogP contribution is -2.01. The number of carbonyl (C=O) groups is 1. The molecular formula is C21H18N2O3. The topological polar surface area (TPSA) is 53.4 Å². The molecule has 0 unspecified atom stereocenters. The maximum Gasteiger partial charge on any atom is 0.331 e. The molecule has 4 rings (SSSR count). The van der Waals surface area contributed by atoms with Crippen molar-refractivity contribution >= 4 is 12.0 Å². The molecule has 0 aliphatic carbocycles. The first-order valence-electron chi connectivity index (χ1n) is 8.46. The summed E-state index contributed by atoms with van der Waals surface area (Å²) >= 11 is 0. The van der Waals surface area contributed by atoms with Crippen LogP contribution in [-0.2, 0) is 22.6 Å². The Balaban J connectivity index is 1.32. The molecule has 5 nitrogen and oxygen atoms in total. The Hall–Kier alpha value is -3.34. The van der Waals surface area contributed by atoms with Crippen molar-refractivity contribution in [3.05, 3.63) is 84.0 Å². The highest BCUT2D eigenvalue weighted by atomic mass is 16.5. The Morgan fingerprint density at radius 3 is 2.92 bits per heavy atom. The number of carbonyl (C=O) groups excluding carboxylic acids is 1. The van der Waals surface area contributed by atoms with Crippen molar-refractivity contribution < 1.29 is 14.3 Å². The number of aromatic nitrogens is 2. The Kier molecular flexibility index (Phi) is 4.51. The van der Waals surface area contributed by atoms with E-state index in [4.69, 9.17) is 9.47 Å². The summed E-state index contributed by atoms with van der Waals surface area (Å²) in [5.41, 5.74) is 4.10. The first-order chi connectivity index (χ1) is 12.8. The first-order valence-corrected chi connectivity index (χ1v) is 8.46. The van der Waals surface area contributed by atoms with E-state index < -0.39 is 0 Å². The van der Waals surface area contributed by atoms with Crippen LogP contribution in [0, 0.1) is 0 Å². The van der Waals surface area contributed by atoms with E-state index in [1.54, 1.807) is 18.6 Å². The Bertz CT molecular complexity index is 928. The zero-order chi connectivity index (χ0) is 17.8. The third-order valence-electron chi connectivity index (χ3n) is 4.25. The van der Waals surface area contributed by atoms with Crippen LogP contribution in [0.4, 0.5) is 0 Å². The summed E-state index contributed by atoms with van der Waals surface area (Å²) < 4.78 is 12.7. The molecule has 0 saturated heterocycles. The number of nitrogens with zero attached hydrogens (tertiary/aromatic N) is 2. The van der Waals surface area contributed by atoms with Gasteiger partial charge >= 0.3 is 5.97 Å². The van der Waals surface area contributed by atoms with Gasteiger partial charge in [0.1, 0.15) is 12.4 Å². The van der Waals surface area contributed by atoms with E-state index in [1.807, 2.05) is 53.2 Å². The van der Waals surface area contributed by atoms with E-state index in [0.717, 1.165) is 35.6 Å². The molecule has 3 aromatic rings. The van der Waals surface area contributed by atoms with Crippen LogP contribution < -0.4 is 4.74 Å². The molecule has 26 heavy (non-hydrogen) atoms. The zero-order valence-electron chi connectivity index (χ0n) is 14.2. The Morgan fingerprint density at radius 2 is 2.12 bits per heavy atom. The number of imidazole rings is 1. The molecule has 2 heterocycles. The lowest BCUT2D eigenvalue weighted by atomic mass is 10.1. The largest absolute Gasteiger partial charge is 0.493 e. The number of ether oxygens (including phenoxy) is 2. The Labute approximate surface area is 151 Å². The lowest BCUT2D eigenvalue weighted by molar-refractivity contribution is -0.138. The molecule has 130 valence electrons. The fourth-order valence-electron chi connectivity index (χ4n) is 2.85. The molecule has 0 saturated carbocycles. The van der Waals surface area contributed by atoms with Gasteiger partial charge in [0.25, 0.3) is 0 Å². The smallest absolute Gasteiger partial charge is 0.331 e. The highest BCUT2D eigenvalue weighted by molar-refractivity contribution is 5.87. The van der Waals surface area contributed by atoms with Gasteiger partial charge < -0.3 is 14.0 Å². The fraction of sp³-hybridized carbons (Fsp3) is 0.143. The number of hydrogen-bond donors (Lipinski definition) is 0. The molecule has 2 aromatic carbocycles. The van der Waals surface area contributed by atoms with Crippen molar-refractivity contribution in [2.75, 3.05) is 6.61 Å². The van der Waals surface area contributed by atoms with Crippen LogP contribution in [0.15, 0.2) is 67.3 Å². The highest BCUT2D eigenvalue weighted by Crippen LogP contribution is 2.26. The second-order valence-electron chi connectivity index (χ2n) is 6.04. The maximum absolute atomic E-state index is 11.9. The summed E-state index contributed by atoms with van der Waals surface area (Å²) in [6.07, 6.45) is 9.49. The van der Waals surface area contributed by atoms with Crippen LogP contribution in [0.2, 0.25) is 0 Å². The predicted octanol–water partition coefficient (Wildman–Crippen LogP) is 3.56. The highest BCUT2D eigenvalue weighted by Gasteiger charge is 2.11. The minimum absolute atomic E-state index is 0.241. The summed E-state index contributed by atoms with van der Waals surface area (Å²) in [5.74, 6) is 0.573. The molecule has 0 fully saturated rings. The summed E-state index contributed by atoms with van der Waals surface area (Å²) in [7, 11) is 0.